The van der Waals surface area contributed by atoms with Crippen molar-refractivity contribution in [1.82, 2.24) is 14.1 Å². The van der Waals surface area contributed by atoms with Gasteiger partial charge in [-0.05, 0) is 50.1 Å². The molecule has 2 N–H and O–H groups in total. The molecule has 0 bridgehead atoms. The number of aryl methyl sites for hydroxylation is 1. The molecular formula is C27H32N4O7S. The van der Waals surface area contributed by atoms with E-state index in [1.54, 1.807) is 25.1 Å². The monoisotopic (exact) mass is 556 g/mol. The molecule has 1 fully saturated rings. The predicted molar refractivity (Wildman–Crippen MR) is 144 cm³/mol. The van der Waals surface area contributed by atoms with E-state index in [0.717, 1.165) is 5.56 Å². The van der Waals surface area contributed by atoms with Crippen LogP contribution in [0, 0.1) is 19.8 Å². The number of nitrogens with one attached hydrogen (secondary N) is 1. The van der Waals surface area contributed by atoms with E-state index in [1.165, 1.54) is 21.1 Å². The van der Waals surface area contributed by atoms with E-state index in [2.05, 4.69) is 10.4 Å². The first-order valence-corrected chi connectivity index (χ1v) is 14.0. The molecule has 11 nitrogen and oxygen atoms in total. The lowest BCUT2D eigenvalue weighted by molar-refractivity contribution is -0.116. The van der Waals surface area contributed by atoms with Crippen LogP contribution in [0.5, 0.6) is 11.6 Å². The molecule has 2 heterocycles. The molecule has 12 heteroatoms. The van der Waals surface area contributed by atoms with E-state index in [-0.39, 0.29) is 72.3 Å². The molecule has 1 aliphatic rings. The third-order valence-electron chi connectivity index (χ3n) is 6.17. The molecule has 1 aliphatic heterocycles. The summed E-state index contributed by atoms with van der Waals surface area (Å²) in [7, 11) is -4.07. The minimum atomic E-state index is -4.07. The SMILES string of the molecule is Cc1ccc(-n2nc(C(=O)O)c(C)c2Oc2ccc(NC(=O)CC(C)C)cc2S(=O)(=O)N2CCOCC2)cc1. The number of sulfonamides is 1. The summed E-state index contributed by atoms with van der Waals surface area (Å²) in [5.41, 5.74) is 1.85. The Labute approximate surface area is 227 Å². The van der Waals surface area contributed by atoms with E-state index in [0.29, 0.717) is 11.4 Å². The third-order valence-corrected chi connectivity index (χ3v) is 8.08. The Morgan fingerprint density at radius 2 is 1.77 bits per heavy atom. The molecule has 0 spiro atoms. The van der Waals surface area contributed by atoms with Gasteiger partial charge in [-0.15, -0.1) is 0 Å². The summed E-state index contributed by atoms with van der Waals surface area (Å²) in [6.07, 6.45) is 0.274. The van der Waals surface area contributed by atoms with Gasteiger partial charge in [0.05, 0.1) is 18.9 Å². The quantitative estimate of drug-likeness (QED) is 0.403. The van der Waals surface area contributed by atoms with Crippen LogP contribution < -0.4 is 10.1 Å². The summed E-state index contributed by atoms with van der Waals surface area (Å²) in [4.78, 5) is 24.1. The molecule has 1 amide bonds. The largest absolute Gasteiger partial charge is 0.476 e. The second kappa shape index (κ2) is 11.6. The Bertz CT molecular complexity index is 1470. The average Bonchev–Trinajstić information content (AvgIpc) is 3.21. The van der Waals surface area contributed by atoms with Gasteiger partial charge >= 0.3 is 5.97 Å². The molecule has 0 atom stereocenters. The van der Waals surface area contributed by atoms with Crippen molar-refractivity contribution >= 4 is 27.6 Å². The predicted octanol–water partition coefficient (Wildman–Crippen LogP) is 3.99. The Kier molecular flexibility index (Phi) is 8.38. The van der Waals surface area contributed by atoms with Gasteiger partial charge in [-0.25, -0.2) is 13.2 Å². The number of rotatable bonds is 9. The van der Waals surface area contributed by atoms with Crippen molar-refractivity contribution in [3.8, 4) is 17.3 Å². The number of nitrogens with zero attached hydrogens (tertiary/aromatic N) is 3. The van der Waals surface area contributed by atoms with Crippen LogP contribution >= 0.6 is 0 Å². The van der Waals surface area contributed by atoms with E-state index in [9.17, 15) is 23.1 Å². The summed E-state index contributed by atoms with van der Waals surface area (Å²) < 4.78 is 41.7. The zero-order chi connectivity index (χ0) is 28.3. The molecule has 0 aliphatic carbocycles. The molecule has 0 radical (unpaired) electrons. The Balaban J connectivity index is 1.82. The number of carbonyl (C=O) groups is 2. The zero-order valence-electron chi connectivity index (χ0n) is 22.3. The van der Waals surface area contributed by atoms with E-state index in [4.69, 9.17) is 9.47 Å². The van der Waals surface area contributed by atoms with Crippen LogP contribution in [0.1, 0.15) is 41.9 Å². The van der Waals surface area contributed by atoms with Gasteiger partial charge < -0.3 is 19.9 Å². The highest BCUT2D eigenvalue weighted by atomic mass is 32.2. The Morgan fingerprint density at radius 1 is 1.10 bits per heavy atom. The van der Waals surface area contributed by atoms with Crippen LogP contribution in [0.2, 0.25) is 0 Å². The van der Waals surface area contributed by atoms with Gasteiger partial charge in [-0.1, -0.05) is 31.5 Å². The lowest BCUT2D eigenvalue weighted by atomic mass is 10.1. The average molecular weight is 557 g/mol. The minimum absolute atomic E-state index is 0.0309. The van der Waals surface area contributed by atoms with Crippen molar-refractivity contribution in [1.29, 1.82) is 0 Å². The highest BCUT2D eigenvalue weighted by Crippen LogP contribution is 2.36. The van der Waals surface area contributed by atoms with E-state index >= 15 is 0 Å². The van der Waals surface area contributed by atoms with Gasteiger partial charge in [-0.2, -0.15) is 14.1 Å². The minimum Gasteiger partial charge on any atom is -0.476 e. The van der Waals surface area contributed by atoms with E-state index < -0.39 is 16.0 Å². The molecule has 3 aromatic rings. The molecule has 1 aromatic heterocycles. The van der Waals surface area contributed by atoms with Crippen LogP contribution in [-0.2, 0) is 19.6 Å². The molecule has 0 unspecified atom stereocenters. The standard InChI is InChI=1S/C27H32N4O7S/c1-17(2)15-24(32)28-20-7-10-22(23(16-20)39(35,36)30-11-13-37-14-12-30)38-26-19(4)25(27(33)34)29-31(26)21-8-5-18(3)6-9-21/h5-10,16-17H,11-15H2,1-4H3,(H,28,32)(H,33,34). The summed E-state index contributed by atoms with van der Waals surface area (Å²) in [5.74, 6) is -1.33. The lowest BCUT2D eigenvalue weighted by Gasteiger charge is -2.27. The number of morpholine rings is 1. The van der Waals surface area contributed by atoms with Crippen LogP contribution in [0.4, 0.5) is 5.69 Å². The van der Waals surface area contributed by atoms with Crippen molar-refractivity contribution in [2.45, 2.75) is 39.0 Å². The maximum absolute atomic E-state index is 13.8. The molecule has 4 rings (SSSR count). The molecular weight excluding hydrogens is 524 g/mol. The van der Waals surface area contributed by atoms with Crippen LogP contribution in [0.15, 0.2) is 47.4 Å². The number of amides is 1. The van der Waals surface area contributed by atoms with Gasteiger partial charge in [-0.3, -0.25) is 4.79 Å². The first-order valence-electron chi connectivity index (χ1n) is 12.6. The number of aromatic carboxylic acids is 1. The van der Waals surface area contributed by atoms with Gasteiger partial charge in [0.1, 0.15) is 10.6 Å². The number of ether oxygens (including phenoxy) is 2. The normalized spacial score (nSPS) is 14.4. The number of carbonyl (C=O) groups excluding carboxylic acids is 1. The number of anilines is 1. The smallest absolute Gasteiger partial charge is 0.356 e. The van der Waals surface area contributed by atoms with Crippen molar-refractivity contribution in [3.63, 3.8) is 0 Å². The highest BCUT2D eigenvalue weighted by Gasteiger charge is 2.31. The van der Waals surface area contributed by atoms with Crippen LogP contribution in [0.25, 0.3) is 5.69 Å². The topological polar surface area (TPSA) is 140 Å². The second-order valence-corrected chi connectivity index (χ2v) is 11.7. The summed E-state index contributed by atoms with van der Waals surface area (Å²) in [6, 6.07) is 11.6. The second-order valence-electron chi connectivity index (χ2n) is 9.76. The first kappa shape index (κ1) is 28.3. The van der Waals surface area contributed by atoms with Gasteiger partial charge in [0.15, 0.2) is 5.69 Å². The summed E-state index contributed by atoms with van der Waals surface area (Å²) in [5, 5.41) is 16.7. The lowest BCUT2D eigenvalue weighted by Crippen LogP contribution is -2.40. The van der Waals surface area contributed by atoms with Crippen molar-refractivity contribution in [2.75, 3.05) is 31.6 Å². The van der Waals surface area contributed by atoms with Gasteiger partial charge in [0.25, 0.3) is 0 Å². The van der Waals surface area contributed by atoms with Gasteiger partial charge in [0, 0.05) is 30.8 Å². The highest BCUT2D eigenvalue weighted by molar-refractivity contribution is 7.89. The molecule has 2 aromatic carbocycles. The summed E-state index contributed by atoms with van der Waals surface area (Å²) in [6.45, 7) is 8.12. The van der Waals surface area contributed by atoms with Crippen molar-refractivity contribution in [3.05, 3.63) is 59.3 Å². The fourth-order valence-electron chi connectivity index (χ4n) is 4.15. The van der Waals surface area contributed by atoms with Crippen LogP contribution in [-0.4, -0.2) is 65.8 Å². The molecule has 0 saturated carbocycles. The number of hydrogen-bond acceptors (Lipinski definition) is 7. The number of carboxylic acid groups (broad SMARTS) is 1. The number of benzene rings is 2. The molecule has 208 valence electrons. The Hall–Kier alpha value is -3.74. The third kappa shape index (κ3) is 6.29. The number of aromatic nitrogens is 2. The first-order chi connectivity index (χ1) is 18.5. The fraction of sp³-hybridized carbons (Fsp3) is 0.370. The van der Waals surface area contributed by atoms with Crippen molar-refractivity contribution < 1.29 is 32.6 Å². The van der Waals surface area contributed by atoms with Gasteiger partial charge in [0.2, 0.25) is 21.8 Å². The zero-order valence-corrected chi connectivity index (χ0v) is 23.1. The summed E-state index contributed by atoms with van der Waals surface area (Å²) >= 11 is 0. The number of carboxylic acids is 1. The van der Waals surface area contributed by atoms with E-state index in [1.807, 2.05) is 32.9 Å². The molecule has 39 heavy (non-hydrogen) atoms. The molecule has 1 saturated heterocycles. The maximum Gasteiger partial charge on any atom is 0.356 e. The Morgan fingerprint density at radius 3 is 2.38 bits per heavy atom. The maximum atomic E-state index is 13.8. The fourth-order valence-corrected chi connectivity index (χ4v) is 5.70. The number of hydrogen-bond donors (Lipinski definition) is 2. The van der Waals surface area contributed by atoms with Crippen LogP contribution in [0.3, 0.4) is 0 Å². The van der Waals surface area contributed by atoms with Crippen molar-refractivity contribution in [2.24, 2.45) is 5.92 Å².